The highest BCUT2D eigenvalue weighted by Gasteiger charge is 2.24. The maximum atomic E-state index is 12.2. The Morgan fingerprint density at radius 2 is 1.90 bits per heavy atom. The molecule has 7 nitrogen and oxygen atoms in total. The van der Waals surface area contributed by atoms with E-state index >= 15 is 0 Å². The van der Waals surface area contributed by atoms with Gasteiger partial charge < -0.3 is 4.74 Å². The molecular formula is C9H12F2N2O5S2. The molecule has 0 radical (unpaired) electrons. The lowest BCUT2D eigenvalue weighted by atomic mass is 10.2. The van der Waals surface area contributed by atoms with Crippen LogP contribution in [-0.4, -0.2) is 29.7 Å². The van der Waals surface area contributed by atoms with E-state index in [0.29, 0.717) is 0 Å². The molecule has 0 saturated carbocycles. The van der Waals surface area contributed by atoms with Gasteiger partial charge in [0.15, 0.2) is 0 Å². The number of hydrogen-bond donors (Lipinski definition) is 2. The minimum absolute atomic E-state index is 0.0586. The molecule has 0 aliphatic heterocycles. The Balaban J connectivity index is 3.11. The van der Waals surface area contributed by atoms with Gasteiger partial charge in [0.2, 0.25) is 10.0 Å². The number of sulfonamides is 2. The first-order valence-corrected chi connectivity index (χ1v) is 8.13. The second kappa shape index (κ2) is 5.99. The number of methoxy groups -OCH3 is 1. The van der Waals surface area contributed by atoms with Crippen LogP contribution in [0.2, 0.25) is 0 Å². The van der Waals surface area contributed by atoms with Crippen molar-refractivity contribution < 1.29 is 30.4 Å². The van der Waals surface area contributed by atoms with Crippen molar-refractivity contribution in [2.45, 2.75) is 17.2 Å². The van der Waals surface area contributed by atoms with Gasteiger partial charge in [-0.05, 0) is 18.2 Å². The van der Waals surface area contributed by atoms with E-state index in [2.05, 4.69) is 0 Å². The number of benzene rings is 1. The second-order valence-electron chi connectivity index (χ2n) is 3.65. The summed E-state index contributed by atoms with van der Waals surface area (Å²) in [5.41, 5.74) is 0.0586. The molecule has 0 fully saturated rings. The Labute approximate surface area is 114 Å². The molecule has 0 aliphatic carbocycles. The lowest BCUT2D eigenvalue weighted by Crippen LogP contribution is -2.29. The summed E-state index contributed by atoms with van der Waals surface area (Å²) in [5.74, 6) is -3.45. The Bertz CT molecular complexity index is 688. The van der Waals surface area contributed by atoms with Gasteiger partial charge in [-0.25, -0.2) is 26.7 Å². The molecule has 0 atom stereocenters. The Morgan fingerprint density at radius 3 is 2.35 bits per heavy atom. The van der Waals surface area contributed by atoms with Crippen molar-refractivity contribution in [3.8, 4) is 5.75 Å². The molecule has 1 aromatic rings. The van der Waals surface area contributed by atoms with Crippen molar-refractivity contribution in [2.24, 2.45) is 5.14 Å². The fraction of sp³-hybridized carbons (Fsp3) is 0.333. The lowest BCUT2D eigenvalue weighted by molar-refractivity contribution is 0.232. The van der Waals surface area contributed by atoms with Gasteiger partial charge in [-0.2, -0.15) is 8.78 Å². The highest BCUT2D eigenvalue weighted by atomic mass is 32.2. The van der Waals surface area contributed by atoms with E-state index < -0.39 is 32.3 Å². The fourth-order valence-electron chi connectivity index (χ4n) is 1.31. The summed E-state index contributed by atoms with van der Waals surface area (Å²) in [5, 5.41) is 4.92. The topological polar surface area (TPSA) is 116 Å². The molecule has 0 saturated heterocycles. The summed E-state index contributed by atoms with van der Waals surface area (Å²) in [7, 11) is -7.53. The fourth-order valence-corrected chi connectivity index (χ4v) is 2.36. The summed E-state index contributed by atoms with van der Waals surface area (Å²) in [6.45, 7) is -0.556. The third-order valence-electron chi connectivity index (χ3n) is 2.28. The first-order chi connectivity index (χ1) is 9.08. The third kappa shape index (κ3) is 4.10. The molecule has 0 heterocycles. The first-order valence-electron chi connectivity index (χ1n) is 5.04. The third-order valence-corrected chi connectivity index (χ3v) is 4.21. The van der Waals surface area contributed by atoms with Crippen molar-refractivity contribution >= 4 is 20.0 Å². The average molecular weight is 330 g/mol. The van der Waals surface area contributed by atoms with Crippen LogP contribution in [0.1, 0.15) is 5.56 Å². The molecular weight excluding hydrogens is 318 g/mol. The maximum Gasteiger partial charge on any atom is 0.350 e. The van der Waals surface area contributed by atoms with Gasteiger partial charge in [0.25, 0.3) is 10.0 Å². The van der Waals surface area contributed by atoms with Crippen molar-refractivity contribution in [3.05, 3.63) is 23.8 Å². The van der Waals surface area contributed by atoms with Gasteiger partial charge >= 0.3 is 5.76 Å². The highest BCUT2D eigenvalue weighted by Crippen LogP contribution is 2.22. The number of primary sulfonamides is 1. The van der Waals surface area contributed by atoms with E-state index in [9.17, 15) is 25.6 Å². The molecule has 0 spiro atoms. The van der Waals surface area contributed by atoms with Gasteiger partial charge in [-0.3, -0.25) is 0 Å². The number of rotatable bonds is 6. The summed E-state index contributed by atoms with van der Waals surface area (Å²) >= 11 is 0. The van der Waals surface area contributed by atoms with Gasteiger partial charge in [0, 0.05) is 12.1 Å². The van der Waals surface area contributed by atoms with Crippen molar-refractivity contribution in [1.29, 1.82) is 0 Å². The van der Waals surface area contributed by atoms with Crippen LogP contribution in [0.5, 0.6) is 5.75 Å². The minimum atomic E-state index is -4.79. The average Bonchev–Trinajstić information content (AvgIpc) is 2.34. The van der Waals surface area contributed by atoms with Crippen LogP contribution >= 0.6 is 0 Å². The van der Waals surface area contributed by atoms with E-state index in [-0.39, 0.29) is 16.2 Å². The van der Waals surface area contributed by atoms with E-state index in [1.807, 2.05) is 0 Å². The minimum Gasteiger partial charge on any atom is -0.496 e. The van der Waals surface area contributed by atoms with E-state index in [1.54, 1.807) is 4.72 Å². The van der Waals surface area contributed by atoms with Crippen LogP contribution in [0.15, 0.2) is 23.1 Å². The molecule has 11 heteroatoms. The predicted octanol–water partition coefficient (Wildman–Crippen LogP) is -0.0154. The molecule has 0 bridgehead atoms. The number of halogens is 2. The smallest absolute Gasteiger partial charge is 0.350 e. The molecule has 3 N–H and O–H groups in total. The largest absolute Gasteiger partial charge is 0.496 e. The molecule has 0 unspecified atom stereocenters. The number of alkyl halides is 2. The normalized spacial score (nSPS) is 12.7. The summed E-state index contributed by atoms with van der Waals surface area (Å²) in [4.78, 5) is -0.287. The van der Waals surface area contributed by atoms with Gasteiger partial charge in [-0.1, -0.05) is 0 Å². The summed E-state index contributed by atoms with van der Waals surface area (Å²) < 4.78 is 75.1. The monoisotopic (exact) mass is 330 g/mol. The first kappa shape index (κ1) is 16.8. The van der Waals surface area contributed by atoms with Gasteiger partial charge in [0.05, 0.1) is 12.0 Å². The predicted molar refractivity (Wildman–Crippen MR) is 66.1 cm³/mol. The van der Waals surface area contributed by atoms with Gasteiger partial charge in [-0.15, -0.1) is 0 Å². The molecule has 0 amide bonds. The van der Waals surface area contributed by atoms with Crippen LogP contribution in [-0.2, 0) is 26.6 Å². The molecule has 1 rings (SSSR count). The van der Waals surface area contributed by atoms with Crippen molar-refractivity contribution in [1.82, 2.24) is 4.72 Å². The van der Waals surface area contributed by atoms with Crippen LogP contribution in [0.25, 0.3) is 0 Å². The molecule has 1 aromatic carbocycles. The number of nitrogens with one attached hydrogen (secondary N) is 1. The summed E-state index contributed by atoms with van der Waals surface area (Å²) in [6.07, 6.45) is 0. The van der Waals surface area contributed by atoms with Gasteiger partial charge in [0.1, 0.15) is 5.75 Å². The van der Waals surface area contributed by atoms with Crippen molar-refractivity contribution in [2.75, 3.05) is 7.11 Å². The SMILES string of the molecule is COc1ccc(S(N)(=O)=O)cc1CNS(=O)(=O)C(F)F. The number of nitrogens with two attached hydrogens (primary N) is 1. The zero-order chi connectivity index (χ0) is 15.6. The van der Waals surface area contributed by atoms with Crippen LogP contribution in [0.3, 0.4) is 0 Å². The summed E-state index contributed by atoms with van der Waals surface area (Å²) in [6, 6.07) is 3.44. The number of hydrogen-bond acceptors (Lipinski definition) is 5. The molecule has 0 aliphatic rings. The molecule has 114 valence electrons. The molecule has 0 aromatic heterocycles. The van der Waals surface area contributed by atoms with Crippen LogP contribution < -0.4 is 14.6 Å². The number of ether oxygens (including phenoxy) is 1. The second-order valence-corrected chi connectivity index (χ2v) is 6.94. The van der Waals surface area contributed by atoms with Crippen molar-refractivity contribution in [3.63, 3.8) is 0 Å². The lowest BCUT2D eigenvalue weighted by Gasteiger charge is -2.11. The highest BCUT2D eigenvalue weighted by molar-refractivity contribution is 7.89. The maximum absolute atomic E-state index is 12.2. The molecule has 20 heavy (non-hydrogen) atoms. The zero-order valence-corrected chi connectivity index (χ0v) is 11.8. The van der Waals surface area contributed by atoms with Crippen LogP contribution in [0, 0.1) is 0 Å². The van der Waals surface area contributed by atoms with E-state index in [0.717, 1.165) is 12.1 Å². The van der Waals surface area contributed by atoms with E-state index in [1.165, 1.54) is 13.2 Å². The quantitative estimate of drug-likeness (QED) is 0.761. The van der Waals surface area contributed by atoms with E-state index in [4.69, 9.17) is 9.88 Å². The standard InChI is InChI=1S/C9H12F2N2O5S2/c1-18-8-3-2-7(19(12,14)15)4-6(8)5-13-20(16,17)9(10)11/h2-4,9,13H,5H2,1H3,(H2,12,14,15). The Hall–Kier alpha value is -1.30. The Kier molecular flexibility index (Phi) is 5.02. The Morgan fingerprint density at radius 1 is 1.30 bits per heavy atom. The zero-order valence-electron chi connectivity index (χ0n) is 10.2. The van der Waals surface area contributed by atoms with Crippen LogP contribution in [0.4, 0.5) is 8.78 Å².